The molecule has 0 heterocycles. The number of amides is 1. The molecule has 0 aliphatic heterocycles. The van der Waals surface area contributed by atoms with Gasteiger partial charge in [-0.2, -0.15) is 0 Å². The molecule has 0 aliphatic carbocycles. The molecule has 0 aliphatic rings. The van der Waals surface area contributed by atoms with Crippen LogP contribution in [0.4, 0.5) is 8.78 Å². The Kier molecular flexibility index (Phi) is 8.31. The summed E-state index contributed by atoms with van der Waals surface area (Å²) in [5.41, 5.74) is -0.750. The zero-order valence-corrected chi connectivity index (χ0v) is 14.7. The van der Waals surface area contributed by atoms with Gasteiger partial charge in [0.1, 0.15) is 6.04 Å². The molecule has 1 amide bonds. The smallest absolute Gasteiger partial charge is 0.327 e. The third-order valence-corrected chi connectivity index (χ3v) is 3.43. The molecule has 0 spiro atoms. The van der Waals surface area contributed by atoms with Crippen LogP contribution in [0, 0.1) is 17.6 Å². The standard InChI is InChI=1S/C17H19F2NO7/c1-3-26-12(21)8-10(17(25)27-4-2)14(16(23)24)20-15(22)9-6-5-7-11(18)13(9)19/h5-7,10,14H,3-4,8H2,1-2H3,(H,20,22)(H,23,24)/t10-,14+/m1/s1. The number of esters is 2. The summed E-state index contributed by atoms with van der Waals surface area (Å²) in [6.07, 6.45) is -0.685. The van der Waals surface area contributed by atoms with Crippen molar-refractivity contribution < 1.29 is 42.5 Å². The van der Waals surface area contributed by atoms with E-state index in [1.165, 1.54) is 13.8 Å². The Bertz CT molecular complexity index is 723. The highest BCUT2D eigenvalue weighted by molar-refractivity contribution is 5.98. The van der Waals surface area contributed by atoms with Gasteiger partial charge in [-0.1, -0.05) is 6.07 Å². The van der Waals surface area contributed by atoms with Crippen molar-refractivity contribution in [3.63, 3.8) is 0 Å². The van der Waals surface area contributed by atoms with Crippen LogP contribution in [0.25, 0.3) is 0 Å². The number of hydrogen-bond acceptors (Lipinski definition) is 6. The van der Waals surface area contributed by atoms with Crippen LogP contribution in [-0.2, 0) is 23.9 Å². The van der Waals surface area contributed by atoms with E-state index in [0.29, 0.717) is 0 Å². The van der Waals surface area contributed by atoms with E-state index in [2.05, 4.69) is 0 Å². The fourth-order valence-electron chi connectivity index (χ4n) is 2.22. The van der Waals surface area contributed by atoms with Crippen LogP contribution < -0.4 is 5.32 Å². The van der Waals surface area contributed by atoms with Crippen molar-refractivity contribution in [2.24, 2.45) is 5.92 Å². The van der Waals surface area contributed by atoms with E-state index in [0.717, 1.165) is 18.2 Å². The first-order valence-corrected chi connectivity index (χ1v) is 8.02. The molecule has 1 aromatic carbocycles. The average molecular weight is 387 g/mol. The summed E-state index contributed by atoms with van der Waals surface area (Å²) in [6, 6.07) is 0.855. The van der Waals surface area contributed by atoms with Gasteiger partial charge in [-0.15, -0.1) is 0 Å². The van der Waals surface area contributed by atoms with E-state index in [1.807, 2.05) is 5.32 Å². The predicted octanol–water partition coefficient (Wildman–Crippen LogP) is 1.28. The molecule has 1 aromatic rings. The zero-order valence-electron chi connectivity index (χ0n) is 14.7. The Morgan fingerprint density at radius 1 is 1.11 bits per heavy atom. The monoisotopic (exact) mass is 387 g/mol. The lowest BCUT2D eigenvalue weighted by Crippen LogP contribution is -2.50. The Labute approximate surface area is 153 Å². The molecule has 10 heteroatoms. The Balaban J connectivity index is 3.14. The van der Waals surface area contributed by atoms with Crippen molar-refractivity contribution in [1.82, 2.24) is 5.32 Å². The van der Waals surface area contributed by atoms with Gasteiger partial charge in [-0.25, -0.2) is 13.6 Å². The number of ether oxygens (including phenoxy) is 2. The molecule has 0 bridgehead atoms. The number of nitrogens with one attached hydrogen (secondary N) is 1. The van der Waals surface area contributed by atoms with Gasteiger partial charge in [-0.3, -0.25) is 14.4 Å². The van der Waals surface area contributed by atoms with Crippen LogP contribution in [0.1, 0.15) is 30.6 Å². The number of halogens is 2. The molecule has 0 aromatic heterocycles. The van der Waals surface area contributed by atoms with Crippen LogP contribution >= 0.6 is 0 Å². The largest absolute Gasteiger partial charge is 0.480 e. The third-order valence-electron chi connectivity index (χ3n) is 3.43. The lowest BCUT2D eigenvalue weighted by Gasteiger charge is -2.23. The van der Waals surface area contributed by atoms with Crippen LogP contribution in [0.3, 0.4) is 0 Å². The number of hydrogen-bond donors (Lipinski definition) is 2. The number of benzene rings is 1. The summed E-state index contributed by atoms with van der Waals surface area (Å²) >= 11 is 0. The summed E-state index contributed by atoms with van der Waals surface area (Å²) < 4.78 is 36.5. The van der Waals surface area contributed by atoms with Crippen molar-refractivity contribution >= 4 is 23.8 Å². The molecule has 2 atom stereocenters. The minimum absolute atomic E-state index is 0.00696. The molecule has 8 nitrogen and oxygen atoms in total. The Morgan fingerprint density at radius 3 is 2.30 bits per heavy atom. The van der Waals surface area contributed by atoms with Crippen molar-refractivity contribution in [2.75, 3.05) is 13.2 Å². The molecule has 1 rings (SSSR count). The van der Waals surface area contributed by atoms with E-state index in [-0.39, 0.29) is 13.2 Å². The van der Waals surface area contributed by atoms with Gasteiger partial charge in [0, 0.05) is 0 Å². The number of aliphatic carboxylic acids is 1. The summed E-state index contributed by atoms with van der Waals surface area (Å²) in [5.74, 6) is -9.27. The second kappa shape index (κ2) is 10.2. The van der Waals surface area contributed by atoms with Gasteiger partial charge >= 0.3 is 17.9 Å². The van der Waals surface area contributed by atoms with Gasteiger partial charge in [0.15, 0.2) is 11.6 Å². The molecule has 0 saturated heterocycles. The van der Waals surface area contributed by atoms with Crippen molar-refractivity contribution in [1.29, 1.82) is 0 Å². The summed E-state index contributed by atoms with van der Waals surface area (Å²) in [6.45, 7) is 2.88. The number of carbonyl (C=O) groups is 4. The molecular formula is C17H19F2NO7. The van der Waals surface area contributed by atoms with Crippen LogP contribution in [-0.4, -0.2) is 48.2 Å². The SMILES string of the molecule is CCOC(=O)C[C@@H](C(=O)OCC)[C@H](NC(=O)c1cccc(F)c1F)C(=O)O. The van der Waals surface area contributed by atoms with Gasteiger partial charge in [0.25, 0.3) is 5.91 Å². The maximum Gasteiger partial charge on any atom is 0.327 e. The highest BCUT2D eigenvalue weighted by Gasteiger charge is 2.38. The van der Waals surface area contributed by atoms with Gasteiger partial charge in [-0.05, 0) is 26.0 Å². The normalized spacial score (nSPS) is 12.6. The zero-order chi connectivity index (χ0) is 20.6. The molecule has 0 radical (unpaired) electrons. The molecule has 2 N–H and O–H groups in total. The van der Waals surface area contributed by atoms with Gasteiger partial charge in [0.05, 0.1) is 31.1 Å². The van der Waals surface area contributed by atoms with Crippen molar-refractivity contribution in [2.45, 2.75) is 26.3 Å². The first-order chi connectivity index (χ1) is 12.7. The van der Waals surface area contributed by atoms with Crippen LogP contribution in [0.5, 0.6) is 0 Å². The fourth-order valence-corrected chi connectivity index (χ4v) is 2.22. The minimum atomic E-state index is -1.93. The quantitative estimate of drug-likeness (QED) is 0.613. The molecule has 0 fully saturated rings. The van der Waals surface area contributed by atoms with Gasteiger partial charge in [0.2, 0.25) is 0 Å². The minimum Gasteiger partial charge on any atom is -0.480 e. The third kappa shape index (κ3) is 6.01. The number of carbonyl (C=O) groups excluding carboxylic acids is 3. The second-order valence-electron chi connectivity index (χ2n) is 5.26. The van der Waals surface area contributed by atoms with Crippen LogP contribution in [0.15, 0.2) is 18.2 Å². The first kappa shape index (κ1) is 22.0. The maximum absolute atomic E-state index is 13.7. The van der Waals surface area contributed by atoms with E-state index in [4.69, 9.17) is 9.47 Å². The lowest BCUT2D eigenvalue weighted by molar-refractivity contribution is -0.159. The average Bonchev–Trinajstić information content (AvgIpc) is 2.60. The predicted molar refractivity (Wildman–Crippen MR) is 86.6 cm³/mol. The van der Waals surface area contributed by atoms with Crippen molar-refractivity contribution in [3.8, 4) is 0 Å². The molecular weight excluding hydrogens is 368 g/mol. The highest BCUT2D eigenvalue weighted by Crippen LogP contribution is 2.16. The number of carboxylic acid groups (broad SMARTS) is 1. The molecule has 0 saturated carbocycles. The first-order valence-electron chi connectivity index (χ1n) is 8.02. The number of carboxylic acids is 1. The maximum atomic E-state index is 13.7. The Morgan fingerprint density at radius 2 is 1.74 bits per heavy atom. The van der Waals surface area contributed by atoms with Gasteiger partial charge < -0.3 is 19.9 Å². The molecule has 148 valence electrons. The lowest BCUT2D eigenvalue weighted by atomic mass is 9.95. The summed E-state index contributed by atoms with van der Waals surface area (Å²) in [5, 5.41) is 11.3. The van der Waals surface area contributed by atoms with Crippen LogP contribution in [0.2, 0.25) is 0 Å². The van der Waals surface area contributed by atoms with E-state index < -0.39 is 59.4 Å². The molecule has 0 unspecified atom stereocenters. The van der Waals surface area contributed by atoms with Crippen molar-refractivity contribution in [3.05, 3.63) is 35.4 Å². The van der Waals surface area contributed by atoms with E-state index in [1.54, 1.807) is 0 Å². The molecule has 27 heavy (non-hydrogen) atoms. The second-order valence-corrected chi connectivity index (χ2v) is 5.26. The Hall–Kier alpha value is -3.04. The topological polar surface area (TPSA) is 119 Å². The number of rotatable bonds is 9. The summed E-state index contributed by atoms with van der Waals surface area (Å²) in [4.78, 5) is 47.5. The van der Waals surface area contributed by atoms with E-state index in [9.17, 15) is 33.1 Å². The highest BCUT2D eigenvalue weighted by atomic mass is 19.2. The fraction of sp³-hybridized carbons (Fsp3) is 0.412. The summed E-state index contributed by atoms with van der Waals surface area (Å²) in [7, 11) is 0. The van der Waals surface area contributed by atoms with E-state index >= 15 is 0 Å².